The number of nitrogens with one attached hydrogen (secondary N) is 1. The Kier molecular flexibility index (Phi) is 7.33. The zero-order valence-corrected chi connectivity index (χ0v) is 17.5. The van der Waals surface area contributed by atoms with Crippen LogP contribution in [0.1, 0.15) is 6.23 Å². The number of nitrogens with zero attached hydrogens (tertiary/aromatic N) is 1. The molecule has 2 heterocycles. The van der Waals surface area contributed by atoms with E-state index in [9.17, 15) is 38.4 Å². The molecule has 0 aromatic carbocycles. The smallest absolute Gasteiger partial charge is 0.386 e. The summed E-state index contributed by atoms with van der Waals surface area (Å²) < 4.78 is 50.8. The van der Waals surface area contributed by atoms with Crippen molar-refractivity contribution in [2.75, 3.05) is 6.61 Å². The SMILES string of the molecule is C#C[C@]1(O)C(n2ccc(=O)[nH]c2=O)O[C@H](COP(=O)(O)OP(=O)(O)OP(=O)(O)O)[C@H]1O. The molecule has 0 aliphatic carbocycles. The summed E-state index contributed by atoms with van der Waals surface area (Å²) in [5.41, 5.74) is -4.49. The number of hydrogen-bond donors (Lipinski definition) is 7. The van der Waals surface area contributed by atoms with Crippen molar-refractivity contribution in [3.63, 3.8) is 0 Å². The van der Waals surface area contributed by atoms with E-state index in [-0.39, 0.29) is 0 Å². The van der Waals surface area contributed by atoms with Crippen LogP contribution in [0.5, 0.6) is 0 Å². The number of hydrogen-bond acceptors (Lipinski definition) is 11. The monoisotopic (exact) mass is 508 g/mol. The van der Waals surface area contributed by atoms with E-state index in [1.54, 1.807) is 5.92 Å². The number of ether oxygens (including phenoxy) is 1. The summed E-state index contributed by atoms with van der Waals surface area (Å²) in [6, 6.07) is 0.869. The molecule has 3 unspecified atom stereocenters. The standard InChI is InChI=1S/C11H15N2O15P3/c1-2-11(17)8(15)6(26-9(11)13-4-3-7(14)12-10(13)16)5-25-30(21,22)28-31(23,24)27-29(18,19)20/h1,3-4,6,8-9,15,17H,5H2,(H,21,22)(H,23,24)(H,12,14,16)(H2,18,19,20)/t6-,8-,9?,11-/m1/s1. The van der Waals surface area contributed by atoms with Crippen molar-refractivity contribution in [1.29, 1.82) is 0 Å². The van der Waals surface area contributed by atoms with Crippen LogP contribution in [0, 0.1) is 12.3 Å². The predicted molar refractivity (Wildman–Crippen MR) is 94.8 cm³/mol. The number of rotatable bonds is 8. The maximum absolute atomic E-state index is 11.9. The molecule has 7 N–H and O–H groups in total. The van der Waals surface area contributed by atoms with E-state index < -0.39 is 65.4 Å². The van der Waals surface area contributed by atoms with Crippen molar-refractivity contribution in [3.8, 4) is 12.3 Å². The summed E-state index contributed by atoms with van der Waals surface area (Å²) >= 11 is 0. The fraction of sp³-hybridized carbons (Fsp3) is 0.455. The average molecular weight is 508 g/mol. The third kappa shape index (κ3) is 6.28. The molecule has 1 saturated heterocycles. The van der Waals surface area contributed by atoms with Crippen LogP contribution in [0.25, 0.3) is 0 Å². The second kappa shape index (κ2) is 8.81. The summed E-state index contributed by atoms with van der Waals surface area (Å²) in [6.45, 7) is -1.15. The van der Waals surface area contributed by atoms with Crippen LogP contribution in [-0.4, -0.2) is 63.8 Å². The lowest BCUT2D eigenvalue weighted by Gasteiger charge is -2.26. The van der Waals surface area contributed by atoms with Crippen molar-refractivity contribution < 1.29 is 61.4 Å². The second-order valence-electron chi connectivity index (χ2n) is 5.85. The first kappa shape index (κ1) is 25.8. The zero-order valence-electron chi connectivity index (χ0n) is 14.8. The Labute approximate surface area is 171 Å². The minimum Gasteiger partial charge on any atom is -0.386 e. The lowest BCUT2D eigenvalue weighted by atomic mass is 9.95. The van der Waals surface area contributed by atoms with E-state index in [4.69, 9.17) is 25.8 Å². The average Bonchev–Trinajstić information content (AvgIpc) is 2.82. The Hall–Kier alpha value is -1.47. The topological polar surface area (TPSA) is 264 Å². The van der Waals surface area contributed by atoms with Gasteiger partial charge in [-0.2, -0.15) is 8.62 Å². The zero-order chi connectivity index (χ0) is 23.8. The Balaban J connectivity index is 2.19. The second-order valence-corrected chi connectivity index (χ2v) is 10.3. The van der Waals surface area contributed by atoms with Crippen LogP contribution >= 0.6 is 23.5 Å². The molecule has 17 nitrogen and oxygen atoms in total. The first-order valence-corrected chi connectivity index (χ1v) is 12.2. The lowest BCUT2D eigenvalue weighted by molar-refractivity contribution is -0.0761. The molecule has 1 aromatic heterocycles. The van der Waals surface area contributed by atoms with Gasteiger partial charge >= 0.3 is 29.2 Å². The number of aromatic amines is 1. The molecular formula is C11H15N2O15P3. The molecule has 1 aliphatic rings. The van der Waals surface area contributed by atoms with Gasteiger partial charge in [-0.3, -0.25) is 18.9 Å². The van der Waals surface area contributed by atoms with Gasteiger partial charge in [0, 0.05) is 12.3 Å². The van der Waals surface area contributed by atoms with E-state index in [0.29, 0.717) is 4.57 Å². The first-order chi connectivity index (χ1) is 14.0. The molecular weight excluding hydrogens is 493 g/mol. The van der Waals surface area contributed by atoms with E-state index >= 15 is 0 Å². The Morgan fingerprint density at radius 2 is 1.81 bits per heavy atom. The molecule has 1 fully saturated rings. The molecule has 0 spiro atoms. The highest BCUT2D eigenvalue weighted by molar-refractivity contribution is 7.66. The van der Waals surface area contributed by atoms with Gasteiger partial charge in [-0.15, -0.1) is 6.42 Å². The van der Waals surface area contributed by atoms with Crippen LogP contribution in [0.15, 0.2) is 21.9 Å². The van der Waals surface area contributed by atoms with Crippen LogP contribution in [0.3, 0.4) is 0 Å². The van der Waals surface area contributed by atoms with Gasteiger partial charge < -0.3 is 34.5 Å². The molecule has 174 valence electrons. The highest BCUT2D eigenvalue weighted by Crippen LogP contribution is 2.66. The van der Waals surface area contributed by atoms with Gasteiger partial charge in [0.25, 0.3) is 5.56 Å². The number of aliphatic hydroxyl groups is 2. The van der Waals surface area contributed by atoms with Gasteiger partial charge in [-0.1, -0.05) is 5.92 Å². The minimum absolute atomic E-state index is 0.606. The van der Waals surface area contributed by atoms with Crippen molar-refractivity contribution in [1.82, 2.24) is 9.55 Å². The van der Waals surface area contributed by atoms with Crippen LogP contribution < -0.4 is 11.2 Å². The van der Waals surface area contributed by atoms with E-state index in [0.717, 1.165) is 12.3 Å². The number of phosphoric acid groups is 3. The number of aliphatic hydroxyl groups excluding tert-OH is 1. The summed E-state index contributed by atoms with van der Waals surface area (Å²) in [7, 11) is -16.9. The van der Waals surface area contributed by atoms with Gasteiger partial charge in [0.2, 0.25) is 0 Å². The summed E-state index contributed by atoms with van der Waals surface area (Å²) in [4.78, 5) is 60.4. The van der Waals surface area contributed by atoms with Crippen LogP contribution in [0.4, 0.5) is 0 Å². The molecule has 2 rings (SSSR count). The fourth-order valence-electron chi connectivity index (χ4n) is 2.42. The Morgan fingerprint density at radius 3 is 2.32 bits per heavy atom. The normalized spacial score (nSPS) is 30.3. The van der Waals surface area contributed by atoms with Crippen LogP contribution in [-0.2, 0) is 31.6 Å². The highest BCUT2D eigenvalue weighted by atomic mass is 31.3. The van der Waals surface area contributed by atoms with Crippen LogP contribution in [0.2, 0.25) is 0 Å². The summed E-state index contributed by atoms with van der Waals surface area (Å²) in [6.07, 6.45) is 0.460. The largest absolute Gasteiger partial charge is 0.490 e. The van der Waals surface area contributed by atoms with Gasteiger partial charge in [0.05, 0.1) is 6.61 Å². The van der Waals surface area contributed by atoms with Crippen molar-refractivity contribution in [2.45, 2.75) is 24.0 Å². The third-order valence-electron chi connectivity index (χ3n) is 3.64. The van der Waals surface area contributed by atoms with E-state index in [2.05, 4.69) is 13.1 Å². The molecule has 0 saturated carbocycles. The molecule has 6 atom stereocenters. The fourth-order valence-corrected chi connectivity index (χ4v) is 5.45. The molecule has 31 heavy (non-hydrogen) atoms. The molecule has 1 aromatic rings. The van der Waals surface area contributed by atoms with Gasteiger partial charge in [0.1, 0.15) is 12.2 Å². The van der Waals surface area contributed by atoms with Crippen molar-refractivity contribution in [2.24, 2.45) is 0 Å². The van der Waals surface area contributed by atoms with Crippen molar-refractivity contribution in [3.05, 3.63) is 33.1 Å². The van der Waals surface area contributed by atoms with Gasteiger partial charge in [-0.25, -0.2) is 18.5 Å². The lowest BCUT2D eigenvalue weighted by Crippen LogP contribution is -2.48. The molecule has 1 aliphatic heterocycles. The molecule has 0 amide bonds. The summed E-state index contributed by atoms with van der Waals surface area (Å²) in [5, 5.41) is 20.8. The number of phosphoric ester groups is 1. The van der Waals surface area contributed by atoms with Gasteiger partial charge in [0.15, 0.2) is 11.8 Å². The third-order valence-corrected chi connectivity index (χ3v) is 7.44. The highest BCUT2D eigenvalue weighted by Gasteiger charge is 2.56. The molecule has 0 bridgehead atoms. The van der Waals surface area contributed by atoms with E-state index in [1.165, 1.54) is 0 Å². The van der Waals surface area contributed by atoms with Crippen molar-refractivity contribution >= 4 is 23.5 Å². The van der Waals surface area contributed by atoms with Gasteiger partial charge in [-0.05, 0) is 0 Å². The number of H-pyrrole nitrogens is 1. The minimum atomic E-state index is -5.78. The van der Waals surface area contributed by atoms with E-state index in [1.807, 2.05) is 4.98 Å². The molecule has 0 radical (unpaired) electrons. The number of aromatic nitrogens is 2. The number of terminal acetylenes is 1. The quantitative estimate of drug-likeness (QED) is 0.141. The molecule has 20 heteroatoms. The maximum Gasteiger partial charge on any atom is 0.490 e. The Bertz CT molecular complexity index is 1130. The maximum atomic E-state index is 11.9. The Morgan fingerprint density at radius 1 is 1.19 bits per heavy atom. The summed E-state index contributed by atoms with van der Waals surface area (Å²) in [5.74, 6) is 1.79. The predicted octanol–water partition coefficient (Wildman–Crippen LogP) is -2.50. The first-order valence-electron chi connectivity index (χ1n) is 7.63.